The van der Waals surface area contributed by atoms with Gasteiger partial charge in [-0.05, 0) is 61.6 Å². The molecule has 1 aromatic carbocycles. The Morgan fingerprint density at radius 2 is 2.00 bits per heavy atom. The monoisotopic (exact) mass is 350 g/mol. The number of ether oxygens (including phenoxy) is 1. The lowest BCUT2D eigenvalue weighted by Crippen LogP contribution is -2.28. The molecule has 0 bridgehead atoms. The molecule has 26 heavy (non-hydrogen) atoms. The Morgan fingerprint density at radius 3 is 2.88 bits per heavy atom. The minimum absolute atomic E-state index is 0.146. The molecule has 0 unspecified atom stereocenters. The summed E-state index contributed by atoms with van der Waals surface area (Å²) in [5, 5.41) is 18.0. The summed E-state index contributed by atoms with van der Waals surface area (Å²) in [5.74, 6) is 1.83. The van der Waals surface area contributed by atoms with Gasteiger partial charge in [0.15, 0.2) is 5.65 Å². The van der Waals surface area contributed by atoms with Crippen molar-refractivity contribution < 1.29 is 9.84 Å². The van der Waals surface area contributed by atoms with E-state index in [-0.39, 0.29) is 6.10 Å². The zero-order valence-electron chi connectivity index (χ0n) is 14.6. The van der Waals surface area contributed by atoms with Gasteiger partial charge < -0.3 is 15.2 Å². The topological polar surface area (TPSA) is 71.7 Å². The molecule has 1 fully saturated rings. The summed E-state index contributed by atoms with van der Waals surface area (Å²) in [5.41, 5.74) is 4.17. The average Bonchev–Trinajstić information content (AvgIpc) is 3.29. The highest BCUT2D eigenvalue weighted by Crippen LogP contribution is 2.31. The quantitative estimate of drug-likeness (QED) is 0.760. The van der Waals surface area contributed by atoms with E-state index in [1.165, 1.54) is 5.56 Å². The maximum absolute atomic E-state index is 9.67. The Labute approximate surface area is 151 Å². The molecule has 1 aliphatic carbocycles. The number of aliphatic hydroxyl groups is 1. The summed E-state index contributed by atoms with van der Waals surface area (Å²) in [6.45, 7) is 0.758. The zero-order valence-corrected chi connectivity index (χ0v) is 14.6. The second kappa shape index (κ2) is 6.29. The molecule has 2 N–H and O–H groups in total. The van der Waals surface area contributed by atoms with E-state index in [1.807, 2.05) is 28.9 Å². The number of hydrogen-bond acceptors (Lipinski definition) is 5. The molecule has 6 heteroatoms. The van der Waals surface area contributed by atoms with E-state index in [9.17, 15) is 5.11 Å². The number of rotatable bonds is 3. The Bertz CT molecular complexity index is 944. The van der Waals surface area contributed by atoms with Crippen molar-refractivity contribution in [2.45, 2.75) is 44.2 Å². The summed E-state index contributed by atoms with van der Waals surface area (Å²) in [4.78, 5) is 4.49. The number of hydrogen-bond donors (Lipinski definition) is 2. The minimum Gasteiger partial charge on any atom is -0.493 e. The number of aromatic nitrogens is 3. The van der Waals surface area contributed by atoms with E-state index in [0.29, 0.717) is 6.04 Å². The lowest BCUT2D eigenvalue weighted by Gasteiger charge is -2.26. The Hall–Kier alpha value is -2.60. The predicted octanol–water partition coefficient (Wildman–Crippen LogP) is 3.05. The molecule has 2 aromatic heterocycles. The maximum Gasteiger partial charge on any atom is 0.154 e. The molecule has 1 saturated carbocycles. The first-order valence-electron chi connectivity index (χ1n) is 9.32. The highest BCUT2D eigenvalue weighted by Gasteiger charge is 2.20. The molecule has 1 aliphatic heterocycles. The Morgan fingerprint density at radius 1 is 1.12 bits per heavy atom. The van der Waals surface area contributed by atoms with E-state index in [1.54, 1.807) is 0 Å². The Kier molecular flexibility index (Phi) is 3.78. The highest BCUT2D eigenvalue weighted by atomic mass is 16.5. The van der Waals surface area contributed by atoms with Gasteiger partial charge in [-0.1, -0.05) is 0 Å². The van der Waals surface area contributed by atoms with Gasteiger partial charge >= 0.3 is 0 Å². The fourth-order valence-corrected chi connectivity index (χ4v) is 3.92. The summed E-state index contributed by atoms with van der Waals surface area (Å²) < 4.78 is 7.50. The fraction of sp³-hybridized carbons (Fsp3) is 0.400. The third-order valence-corrected chi connectivity index (χ3v) is 5.40. The fourth-order valence-electron chi connectivity index (χ4n) is 3.92. The molecule has 0 radical (unpaired) electrons. The summed E-state index contributed by atoms with van der Waals surface area (Å²) in [7, 11) is 0. The van der Waals surface area contributed by atoms with Gasteiger partial charge in [-0.25, -0.2) is 9.50 Å². The van der Waals surface area contributed by atoms with Crippen LogP contribution in [0.3, 0.4) is 0 Å². The zero-order chi connectivity index (χ0) is 17.5. The van der Waals surface area contributed by atoms with Crippen LogP contribution in [0.1, 0.15) is 31.2 Å². The van der Waals surface area contributed by atoms with Gasteiger partial charge in [0.2, 0.25) is 0 Å². The van der Waals surface area contributed by atoms with Gasteiger partial charge in [-0.15, -0.1) is 5.10 Å². The van der Waals surface area contributed by atoms with E-state index < -0.39 is 0 Å². The van der Waals surface area contributed by atoms with Gasteiger partial charge in [0, 0.05) is 18.0 Å². The normalized spacial score (nSPS) is 22.2. The van der Waals surface area contributed by atoms with Crippen LogP contribution in [0, 0.1) is 0 Å². The van der Waals surface area contributed by atoms with Crippen LogP contribution >= 0.6 is 0 Å². The SMILES string of the molecule is O[C@H]1CC[C@H](Nc2ccc3ncc(-c4ccc5c(c4)CCO5)n3n2)CC1. The summed E-state index contributed by atoms with van der Waals surface area (Å²) >= 11 is 0. The van der Waals surface area contributed by atoms with Gasteiger partial charge in [0.25, 0.3) is 0 Å². The minimum atomic E-state index is -0.146. The first kappa shape index (κ1) is 15.6. The van der Waals surface area contributed by atoms with Crippen LogP contribution in [-0.4, -0.2) is 38.5 Å². The number of benzene rings is 1. The van der Waals surface area contributed by atoms with Gasteiger partial charge in [-0.2, -0.15) is 0 Å². The maximum atomic E-state index is 9.67. The number of nitrogens with zero attached hydrogens (tertiary/aromatic N) is 3. The van der Waals surface area contributed by atoms with E-state index in [4.69, 9.17) is 9.84 Å². The molecule has 0 atom stereocenters. The predicted molar refractivity (Wildman–Crippen MR) is 99.5 cm³/mol. The van der Waals surface area contributed by atoms with Crippen molar-refractivity contribution in [1.29, 1.82) is 0 Å². The molecule has 0 amide bonds. The lowest BCUT2D eigenvalue weighted by atomic mass is 9.93. The molecule has 2 aliphatic rings. The molecule has 134 valence electrons. The Balaban J connectivity index is 1.45. The lowest BCUT2D eigenvalue weighted by molar-refractivity contribution is 0.126. The number of nitrogens with one attached hydrogen (secondary N) is 1. The van der Waals surface area contributed by atoms with Crippen LogP contribution in [0.5, 0.6) is 5.75 Å². The smallest absolute Gasteiger partial charge is 0.154 e. The van der Waals surface area contributed by atoms with Crippen molar-refractivity contribution in [3.05, 3.63) is 42.1 Å². The first-order valence-corrected chi connectivity index (χ1v) is 9.32. The van der Waals surface area contributed by atoms with Crippen molar-refractivity contribution >= 4 is 11.5 Å². The van der Waals surface area contributed by atoms with Crippen LogP contribution in [0.2, 0.25) is 0 Å². The largest absolute Gasteiger partial charge is 0.493 e. The van der Waals surface area contributed by atoms with Crippen molar-refractivity contribution in [3.63, 3.8) is 0 Å². The molecule has 3 aromatic rings. The number of fused-ring (bicyclic) bond motifs is 2. The summed E-state index contributed by atoms with van der Waals surface area (Å²) in [6.07, 6.45) is 6.34. The van der Waals surface area contributed by atoms with Gasteiger partial charge in [0.05, 0.1) is 24.6 Å². The van der Waals surface area contributed by atoms with Crippen LogP contribution in [0.4, 0.5) is 5.82 Å². The molecular formula is C20H22N4O2. The van der Waals surface area contributed by atoms with Crippen LogP contribution < -0.4 is 10.1 Å². The third kappa shape index (κ3) is 2.80. The average molecular weight is 350 g/mol. The third-order valence-electron chi connectivity index (χ3n) is 5.40. The van der Waals surface area contributed by atoms with Gasteiger partial charge in [-0.3, -0.25) is 0 Å². The van der Waals surface area contributed by atoms with Crippen LogP contribution in [0.25, 0.3) is 16.9 Å². The summed E-state index contributed by atoms with van der Waals surface area (Å²) in [6, 6.07) is 10.6. The van der Waals surface area contributed by atoms with E-state index >= 15 is 0 Å². The standard InChI is InChI=1S/C20H22N4O2/c25-16-4-2-15(3-5-16)22-19-7-8-20-21-12-17(24(20)23-19)13-1-6-18-14(11-13)9-10-26-18/h1,6-8,11-12,15-16,25H,2-5,9-10H2,(H,22,23)/t15-,16-. The number of aliphatic hydroxyl groups excluding tert-OH is 1. The van der Waals surface area contributed by atoms with Crippen molar-refractivity contribution in [3.8, 4) is 17.0 Å². The molecule has 0 spiro atoms. The van der Waals surface area contributed by atoms with Crippen molar-refractivity contribution in [2.24, 2.45) is 0 Å². The van der Waals surface area contributed by atoms with Gasteiger partial charge in [0.1, 0.15) is 11.6 Å². The molecular weight excluding hydrogens is 328 g/mol. The van der Waals surface area contributed by atoms with Crippen LogP contribution in [0.15, 0.2) is 36.5 Å². The molecule has 3 heterocycles. The number of imidazole rings is 1. The van der Waals surface area contributed by atoms with Crippen molar-refractivity contribution in [2.75, 3.05) is 11.9 Å². The second-order valence-corrected chi connectivity index (χ2v) is 7.20. The molecule has 5 rings (SSSR count). The van der Waals surface area contributed by atoms with E-state index in [2.05, 4.69) is 22.4 Å². The van der Waals surface area contributed by atoms with E-state index in [0.717, 1.165) is 67.2 Å². The molecule has 6 nitrogen and oxygen atoms in total. The van der Waals surface area contributed by atoms with Crippen molar-refractivity contribution in [1.82, 2.24) is 14.6 Å². The second-order valence-electron chi connectivity index (χ2n) is 7.20. The first-order chi connectivity index (χ1) is 12.8. The molecule has 0 saturated heterocycles. The highest BCUT2D eigenvalue weighted by molar-refractivity contribution is 5.66. The number of anilines is 1. The van der Waals surface area contributed by atoms with Crippen LogP contribution in [-0.2, 0) is 6.42 Å².